The topological polar surface area (TPSA) is 44.4 Å². The molecule has 1 aromatic rings. The summed E-state index contributed by atoms with van der Waals surface area (Å²) in [5, 5.41) is 7.75. The van der Waals surface area contributed by atoms with Crippen LogP contribution >= 0.6 is 11.6 Å². The van der Waals surface area contributed by atoms with Gasteiger partial charge in [0, 0.05) is 43.3 Å². The molecule has 1 saturated heterocycles. The average Bonchev–Trinajstić information content (AvgIpc) is 3.12. The predicted octanol–water partition coefficient (Wildman–Crippen LogP) is 2.26. The molecule has 4 nitrogen and oxygen atoms in total. The quantitative estimate of drug-likeness (QED) is 0.895. The molecule has 1 amide bonds. The fraction of sp³-hybridized carbons (Fsp3) is 0.588. The number of benzene rings is 1. The predicted molar refractivity (Wildman–Crippen MR) is 86.4 cm³/mol. The number of rotatable bonds is 4. The van der Waals surface area contributed by atoms with Crippen molar-refractivity contribution in [1.82, 2.24) is 15.5 Å². The van der Waals surface area contributed by atoms with Crippen molar-refractivity contribution < 1.29 is 4.79 Å². The number of hydrogen-bond donors (Lipinski definition) is 2. The van der Waals surface area contributed by atoms with Gasteiger partial charge in [-0.3, -0.25) is 10.1 Å². The molecular formula is C17H22ClN3O. The molecule has 3 aliphatic rings. The zero-order valence-corrected chi connectivity index (χ0v) is 13.5. The van der Waals surface area contributed by atoms with Crippen molar-refractivity contribution in [3.05, 3.63) is 34.3 Å². The van der Waals surface area contributed by atoms with Gasteiger partial charge < -0.3 is 10.2 Å². The number of halogens is 1. The van der Waals surface area contributed by atoms with Gasteiger partial charge in [0.15, 0.2) is 0 Å². The van der Waals surface area contributed by atoms with Crippen LogP contribution in [-0.2, 0) is 17.9 Å². The lowest BCUT2D eigenvalue weighted by Gasteiger charge is -2.29. The van der Waals surface area contributed by atoms with Gasteiger partial charge in [0.05, 0.1) is 0 Å². The van der Waals surface area contributed by atoms with E-state index in [2.05, 4.69) is 10.6 Å². The van der Waals surface area contributed by atoms with Gasteiger partial charge in [-0.15, -0.1) is 0 Å². The first-order valence-electron chi connectivity index (χ1n) is 8.17. The second-order valence-electron chi connectivity index (χ2n) is 6.87. The summed E-state index contributed by atoms with van der Waals surface area (Å²) < 4.78 is 0. The molecule has 0 bridgehead atoms. The number of hydrogen-bond acceptors (Lipinski definition) is 3. The molecule has 22 heavy (non-hydrogen) atoms. The Labute approximate surface area is 136 Å². The molecule has 2 aliphatic heterocycles. The second kappa shape index (κ2) is 5.52. The number of carbonyl (C=O) groups excluding carboxylic acids is 1. The van der Waals surface area contributed by atoms with Crippen LogP contribution in [0.3, 0.4) is 0 Å². The van der Waals surface area contributed by atoms with Crippen molar-refractivity contribution in [3.63, 3.8) is 0 Å². The minimum atomic E-state index is 0.158. The van der Waals surface area contributed by atoms with Crippen LogP contribution in [0.2, 0.25) is 5.02 Å². The highest BCUT2D eigenvalue weighted by Gasteiger charge is 2.46. The SMILES string of the molecule is O=C(CC[C@]1(C2CC2)CNCN1)N1Cc2ccc(Cl)cc2C1. The summed E-state index contributed by atoms with van der Waals surface area (Å²) in [4.78, 5) is 14.5. The largest absolute Gasteiger partial charge is 0.334 e. The van der Waals surface area contributed by atoms with Crippen LogP contribution in [-0.4, -0.2) is 29.6 Å². The molecule has 5 heteroatoms. The van der Waals surface area contributed by atoms with Crippen LogP contribution in [0, 0.1) is 5.92 Å². The van der Waals surface area contributed by atoms with Gasteiger partial charge >= 0.3 is 0 Å². The Balaban J connectivity index is 1.37. The second-order valence-corrected chi connectivity index (χ2v) is 7.31. The summed E-state index contributed by atoms with van der Waals surface area (Å²) in [5.74, 6) is 1.02. The van der Waals surface area contributed by atoms with Gasteiger partial charge in [-0.2, -0.15) is 0 Å². The highest BCUT2D eigenvalue weighted by atomic mass is 35.5. The monoisotopic (exact) mass is 319 g/mol. The zero-order chi connectivity index (χ0) is 15.2. The number of nitrogens with one attached hydrogen (secondary N) is 2. The lowest BCUT2D eigenvalue weighted by molar-refractivity contribution is -0.132. The van der Waals surface area contributed by atoms with Gasteiger partial charge in [0.25, 0.3) is 0 Å². The van der Waals surface area contributed by atoms with E-state index in [1.807, 2.05) is 23.1 Å². The van der Waals surface area contributed by atoms with Crippen molar-refractivity contribution in [2.75, 3.05) is 13.2 Å². The van der Waals surface area contributed by atoms with Crippen molar-refractivity contribution in [3.8, 4) is 0 Å². The van der Waals surface area contributed by atoms with E-state index in [-0.39, 0.29) is 11.4 Å². The van der Waals surface area contributed by atoms with Crippen LogP contribution in [0.1, 0.15) is 36.8 Å². The smallest absolute Gasteiger partial charge is 0.223 e. The van der Waals surface area contributed by atoms with Crippen LogP contribution in [0.15, 0.2) is 18.2 Å². The molecule has 4 rings (SSSR count). The molecule has 0 radical (unpaired) electrons. The van der Waals surface area contributed by atoms with Crippen LogP contribution < -0.4 is 10.6 Å². The Kier molecular flexibility index (Phi) is 3.63. The van der Waals surface area contributed by atoms with E-state index in [1.165, 1.54) is 24.0 Å². The molecule has 2 N–H and O–H groups in total. The minimum Gasteiger partial charge on any atom is -0.334 e. The fourth-order valence-electron chi connectivity index (χ4n) is 3.92. The van der Waals surface area contributed by atoms with E-state index in [0.29, 0.717) is 13.0 Å². The zero-order valence-electron chi connectivity index (χ0n) is 12.7. The molecular weight excluding hydrogens is 298 g/mol. The maximum Gasteiger partial charge on any atom is 0.223 e. The molecule has 0 spiro atoms. The molecule has 1 aliphatic carbocycles. The maximum atomic E-state index is 12.6. The molecule has 118 valence electrons. The van der Waals surface area contributed by atoms with Crippen molar-refractivity contribution in [1.29, 1.82) is 0 Å². The Bertz CT molecular complexity index is 594. The molecule has 2 heterocycles. The van der Waals surface area contributed by atoms with E-state index < -0.39 is 0 Å². The van der Waals surface area contributed by atoms with E-state index in [9.17, 15) is 4.79 Å². The van der Waals surface area contributed by atoms with Gasteiger partial charge in [0.1, 0.15) is 0 Å². The standard InChI is InChI=1S/C17H22ClN3O/c18-15-4-1-12-8-21(9-13(12)7-15)16(22)5-6-17(14-2-3-14)10-19-11-20-17/h1,4,7,14,19-20H,2-3,5-6,8-11H2/t17-/m1/s1. The first-order valence-corrected chi connectivity index (χ1v) is 8.55. The molecule has 2 fully saturated rings. The van der Waals surface area contributed by atoms with E-state index >= 15 is 0 Å². The molecule has 1 atom stereocenters. The number of carbonyl (C=O) groups is 1. The first-order chi connectivity index (χ1) is 10.7. The van der Waals surface area contributed by atoms with Gasteiger partial charge in [-0.05, 0) is 48.4 Å². The third-order valence-electron chi connectivity index (χ3n) is 5.39. The van der Waals surface area contributed by atoms with Crippen molar-refractivity contribution in [2.45, 2.75) is 44.3 Å². The van der Waals surface area contributed by atoms with Crippen LogP contribution in [0.5, 0.6) is 0 Å². The van der Waals surface area contributed by atoms with Gasteiger partial charge in [-0.25, -0.2) is 0 Å². The normalized spacial score (nSPS) is 27.2. The van der Waals surface area contributed by atoms with Crippen LogP contribution in [0.25, 0.3) is 0 Å². The number of nitrogens with zero attached hydrogens (tertiary/aromatic N) is 1. The summed E-state index contributed by atoms with van der Waals surface area (Å²) in [5.41, 5.74) is 2.58. The van der Waals surface area contributed by atoms with Crippen molar-refractivity contribution in [2.24, 2.45) is 5.92 Å². The molecule has 0 unspecified atom stereocenters. The summed E-state index contributed by atoms with van der Waals surface area (Å²) >= 11 is 6.04. The molecule has 1 saturated carbocycles. The maximum absolute atomic E-state index is 12.6. The average molecular weight is 320 g/mol. The Morgan fingerprint density at radius 1 is 1.32 bits per heavy atom. The fourth-order valence-corrected chi connectivity index (χ4v) is 4.11. The number of amides is 1. The number of fused-ring (bicyclic) bond motifs is 1. The molecule has 0 aromatic heterocycles. The van der Waals surface area contributed by atoms with E-state index in [1.54, 1.807) is 0 Å². The highest BCUT2D eigenvalue weighted by molar-refractivity contribution is 6.30. The Morgan fingerprint density at radius 2 is 2.14 bits per heavy atom. The molecule has 1 aromatic carbocycles. The van der Waals surface area contributed by atoms with E-state index in [0.717, 1.165) is 37.1 Å². The van der Waals surface area contributed by atoms with Crippen molar-refractivity contribution >= 4 is 17.5 Å². The van der Waals surface area contributed by atoms with E-state index in [4.69, 9.17) is 11.6 Å². The summed E-state index contributed by atoms with van der Waals surface area (Å²) in [6.07, 6.45) is 4.18. The Morgan fingerprint density at radius 3 is 2.86 bits per heavy atom. The summed E-state index contributed by atoms with van der Waals surface area (Å²) in [7, 11) is 0. The Hall–Kier alpha value is -1.10. The van der Waals surface area contributed by atoms with Crippen LogP contribution in [0.4, 0.5) is 0 Å². The third-order valence-corrected chi connectivity index (χ3v) is 5.63. The lowest BCUT2D eigenvalue weighted by Crippen LogP contribution is -2.45. The first kappa shape index (κ1) is 14.5. The van der Waals surface area contributed by atoms with Gasteiger partial charge in [-0.1, -0.05) is 17.7 Å². The summed E-state index contributed by atoms with van der Waals surface area (Å²) in [6, 6.07) is 5.93. The highest BCUT2D eigenvalue weighted by Crippen LogP contribution is 2.43. The minimum absolute atomic E-state index is 0.158. The van der Waals surface area contributed by atoms with Gasteiger partial charge in [0.2, 0.25) is 5.91 Å². The third kappa shape index (κ3) is 2.64. The lowest BCUT2D eigenvalue weighted by atomic mass is 9.88. The summed E-state index contributed by atoms with van der Waals surface area (Å²) in [6.45, 7) is 3.31.